The van der Waals surface area contributed by atoms with Crippen LogP contribution in [-0.2, 0) is 0 Å². The lowest BCUT2D eigenvalue weighted by Gasteiger charge is -2.51. The van der Waals surface area contributed by atoms with Gasteiger partial charge in [0.25, 0.3) is 5.91 Å². The highest BCUT2D eigenvalue weighted by Gasteiger charge is 2.47. The maximum atomic E-state index is 12.4. The maximum Gasteiger partial charge on any atom is 0.274 e. The van der Waals surface area contributed by atoms with E-state index >= 15 is 0 Å². The first-order chi connectivity index (χ1) is 11.7. The smallest absolute Gasteiger partial charge is 0.274 e. The Kier molecular flexibility index (Phi) is 3.88. The normalized spacial score (nSPS) is 19.8. The number of likely N-dealkylation sites (tertiary alicyclic amines) is 1. The van der Waals surface area contributed by atoms with Crippen molar-refractivity contribution in [2.24, 2.45) is 5.41 Å². The van der Waals surface area contributed by atoms with Gasteiger partial charge in [0, 0.05) is 31.7 Å². The molecule has 1 saturated carbocycles. The van der Waals surface area contributed by atoms with E-state index < -0.39 is 0 Å². The van der Waals surface area contributed by atoms with Crippen LogP contribution in [0.2, 0.25) is 0 Å². The number of nitrogens with zero attached hydrogens (tertiary/aromatic N) is 4. The zero-order valence-corrected chi connectivity index (χ0v) is 13.5. The molecule has 6 heteroatoms. The average molecular weight is 324 g/mol. The van der Waals surface area contributed by atoms with Gasteiger partial charge in [-0.3, -0.25) is 14.8 Å². The number of hydrogen-bond donors (Lipinski definition) is 0. The van der Waals surface area contributed by atoms with Crippen LogP contribution in [0.4, 0.5) is 0 Å². The summed E-state index contributed by atoms with van der Waals surface area (Å²) in [6.07, 6.45) is 12.7. The number of carbonyl (C=O) groups is 1. The Labute approximate surface area is 140 Å². The molecule has 2 fully saturated rings. The van der Waals surface area contributed by atoms with E-state index in [2.05, 4.69) is 15.0 Å². The van der Waals surface area contributed by atoms with Crippen LogP contribution in [0.25, 0.3) is 0 Å². The third kappa shape index (κ3) is 2.96. The summed E-state index contributed by atoms with van der Waals surface area (Å²) in [6.45, 7) is 1.57. The fourth-order valence-electron chi connectivity index (χ4n) is 3.76. The van der Waals surface area contributed by atoms with E-state index in [1.807, 2.05) is 17.0 Å². The van der Waals surface area contributed by atoms with Crippen LogP contribution in [0.3, 0.4) is 0 Å². The van der Waals surface area contributed by atoms with Crippen LogP contribution < -0.4 is 4.74 Å². The summed E-state index contributed by atoms with van der Waals surface area (Å²) in [6, 6.07) is 3.83. The predicted octanol–water partition coefficient (Wildman–Crippen LogP) is 2.34. The average Bonchev–Trinajstić information content (AvgIpc) is 2.62. The van der Waals surface area contributed by atoms with Crippen molar-refractivity contribution >= 4 is 5.91 Å². The molecule has 1 saturated heterocycles. The highest BCUT2D eigenvalue weighted by Crippen LogP contribution is 2.50. The van der Waals surface area contributed by atoms with Crippen LogP contribution in [0.1, 0.15) is 36.2 Å². The van der Waals surface area contributed by atoms with E-state index in [9.17, 15) is 4.79 Å². The summed E-state index contributed by atoms with van der Waals surface area (Å²) in [5, 5.41) is 0. The molecule has 0 bridgehead atoms. The molecule has 1 spiro atoms. The van der Waals surface area contributed by atoms with Crippen molar-refractivity contribution in [2.45, 2.75) is 31.8 Å². The van der Waals surface area contributed by atoms with E-state index in [4.69, 9.17) is 4.74 Å². The van der Waals surface area contributed by atoms with Crippen LogP contribution in [-0.4, -0.2) is 45.0 Å². The van der Waals surface area contributed by atoms with E-state index in [0.29, 0.717) is 11.1 Å². The van der Waals surface area contributed by atoms with Gasteiger partial charge in [-0.1, -0.05) is 0 Å². The molecule has 0 aromatic carbocycles. The summed E-state index contributed by atoms with van der Waals surface area (Å²) in [5.74, 6) is 0.827. The van der Waals surface area contributed by atoms with Crippen molar-refractivity contribution < 1.29 is 9.53 Å². The highest BCUT2D eigenvalue weighted by atomic mass is 16.5. The van der Waals surface area contributed by atoms with Crippen molar-refractivity contribution in [1.82, 2.24) is 19.9 Å². The molecule has 4 rings (SSSR count). The van der Waals surface area contributed by atoms with Gasteiger partial charge in [0.05, 0.1) is 18.5 Å². The number of carbonyl (C=O) groups excluding carboxylic acids is 1. The number of aromatic nitrogens is 3. The van der Waals surface area contributed by atoms with Crippen molar-refractivity contribution in [3.8, 4) is 5.75 Å². The molecule has 0 radical (unpaired) electrons. The third-order valence-corrected chi connectivity index (χ3v) is 5.15. The van der Waals surface area contributed by atoms with Crippen LogP contribution >= 0.6 is 0 Å². The number of amides is 1. The van der Waals surface area contributed by atoms with Gasteiger partial charge >= 0.3 is 0 Å². The molecule has 6 nitrogen and oxygen atoms in total. The Hall–Kier alpha value is -2.50. The number of hydrogen-bond acceptors (Lipinski definition) is 5. The molecule has 2 aromatic heterocycles. The minimum atomic E-state index is -0.0135. The molecular weight excluding hydrogens is 304 g/mol. The Bertz CT molecular complexity index is 691. The Morgan fingerprint density at radius 2 is 1.92 bits per heavy atom. The van der Waals surface area contributed by atoms with Crippen molar-refractivity contribution in [2.75, 3.05) is 13.1 Å². The molecule has 3 heterocycles. The standard InChI is InChI=1S/C18H20N4O2/c23-17(16-13-20-6-7-21-16)22-8-3-18(4-9-22)10-15(11-18)24-14-2-1-5-19-12-14/h1-2,5-7,12-13,15H,3-4,8-11H2. The molecule has 1 aliphatic carbocycles. The molecule has 124 valence electrons. The zero-order valence-electron chi connectivity index (χ0n) is 13.5. The molecule has 2 aromatic rings. The number of ether oxygens (including phenoxy) is 1. The highest BCUT2D eigenvalue weighted by molar-refractivity contribution is 5.92. The van der Waals surface area contributed by atoms with Gasteiger partial charge in [0.2, 0.25) is 0 Å². The molecule has 0 N–H and O–H groups in total. The van der Waals surface area contributed by atoms with Crippen molar-refractivity contribution in [1.29, 1.82) is 0 Å². The van der Waals surface area contributed by atoms with Crippen LogP contribution in [0, 0.1) is 5.41 Å². The summed E-state index contributed by atoms with van der Waals surface area (Å²) < 4.78 is 5.96. The van der Waals surface area contributed by atoms with Gasteiger partial charge in [-0.05, 0) is 43.2 Å². The summed E-state index contributed by atoms with van der Waals surface area (Å²) in [7, 11) is 0. The minimum absolute atomic E-state index is 0.0135. The summed E-state index contributed by atoms with van der Waals surface area (Å²) in [4.78, 5) is 26.5. The molecule has 1 aliphatic heterocycles. The first-order valence-electron chi connectivity index (χ1n) is 8.36. The van der Waals surface area contributed by atoms with Crippen molar-refractivity contribution in [3.05, 3.63) is 48.8 Å². The van der Waals surface area contributed by atoms with Gasteiger partial charge in [0.1, 0.15) is 11.4 Å². The summed E-state index contributed by atoms with van der Waals surface area (Å²) >= 11 is 0. The number of rotatable bonds is 3. The fraction of sp³-hybridized carbons (Fsp3) is 0.444. The lowest BCUT2D eigenvalue weighted by molar-refractivity contribution is -0.0510. The summed E-state index contributed by atoms with van der Waals surface area (Å²) in [5.41, 5.74) is 0.770. The predicted molar refractivity (Wildman–Crippen MR) is 87.5 cm³/mol. The zero-order chi connectivity index (χ0) is 16.4. The molecule has 0 unspecified atom stereocenters. The first kappa shape index (κ1) is 15.1. The lowest BCUT2D eigenvalue weighted by atomic mass is 9.61. The molecule has 1 amide bonds. The van der Waals surface area contributed by atoms with Crippen LogP contribution in [0.15, 0.2) is 43.1 Å². The second-order valence-electron chi connectivity index (χ2n) is 6.72. The Balaban J connectivity index is 1.29. The quantitative estimate of drug-likeness (QED) is 0.867. The monoisotopic (exact) mass is 324 g/mol. The van der Waals surface area contributed by atoms with Gasteiger partial charge in [-0.15, -0.1) is 0 Å². The lowest BCUT2D eigenvalue weighted by Crippen LogP contribution is -2.52. The molecular formula is C18H20N4O2. The molecule has 0 atom stereocenters. The third-order valence-electron chi connectivity index (χ3n) is 5.15. The van der Waals surface area contributed by atoms with Crippen LogP contribution in [0.5, 0.6) is 5.75 Å². The molecule has 2 aliphatic rings. The molecule has 24 heavy (non-hydrogen) atoms. The topological polar surface area (TPSA) is 68.2 Å². The van der Waals surface area contributed by atoms with Gasteiger partial charge in [-0.25, -0.2) is 4.98 Å². The SMILES string of the molecule is O=C(c1cnccn1)N1CCC2(CC1)CC(Oc1cccnc1)C2. The van der Waals surface area contributed by atoms with Crippen molar-refractivity contribution in [3.63, 3.8) is 0 Å². The second-order valence-corrected chi connectivity index (χ2v) is 6.72. The first-order valence-corrected chi connectivity index (χ1v) is 8.36. The van der Waals surface area contributed by atoms with E-state index in [1.54, 1.807) is 24.8 Å². The fourth-order valence-corrected chi connectivity index (χ4v) is 3.76. The minimum Gasteiger partial charge on any atom is -0.489 e. The van der Waals surface area contributed by atoms with E-state index in [0.717, 1.165) is 44.5 Å². The Morgan fingerprint density at radius 1 is 1.12 bits per heavy atom. The van der Waals surface area contributed by atoms with Gasteiger partial charge in [0.15, 0.2) is 0 Å². The van der Waals surface area contributed by atoms with E-state index in [1.165, 1.54) is 6.20 Å². The van der Waals surface area contributed by atoms with E-state index in [-0.39, 0.29) is 12.0 Å². The van der Waals surface area contributed by atoms with Gasteiger partial charge < -0.3 is 9.64 Å². The Morgan fingerprint density at radius 3 is 2.58 bits per heavy atom. The largest absolute Gasteiger partial charge is 0.489 e. The second kappa shape index (κ2) is 6.19. The number of piperidine rings is 1. The number of pyridine rings is 1. The maximum absolute atomic E-state index is 12.4. The van der Waals surface area contributed by atoms with Gasteiger partial charge in [-0.2, -0.15) is 0 Å².